The number of carbonyl (C=O) groups excluding carboxylic acids is 1. The highest BCUT2D eigenvalue weighted by Crippen LogP contribution is 2.75. The Labute approximate surface area is 232 Å². The number of ether oxygens (including phenoxy) is 1. The molecule has 0 aromatic heterocycles. The zero-order chi connectivity index (χ0) is 27.3. The lowest BCUT2D eigenvalue weighted by molar-refractivity contribution is -0.208. The van der Waals surface area contributed by atoms with Crippen molar-refractivity contribution in [1.29, 1.82) is 0 Å². The molecule has 6 aliphatic rings. The number of aliphatic hydroxyl groups excluding tert-OH is 1. The Morgan fingerprint density at radius 2 is 1.58 bits per heavy atom. The van der Waals surface area contributed by atoms with E-state index in [1.165, 1.54) is 25.7 Å². The van der Waals surface area contributed by atoms with Crippen LogP contribution in [0, 0.1) is 56.7 Å². The van der Waals surface area contributed by atoms with Crippen LogP contribution in [0.1, 0.15) is 132 Å². The number of hydrogen-bond acceptors (Lipinski definition) is 3. The topological polar surface area (TPSA) is 46.5 Å². The van der Waals surface area contributed by atoms with E-state index in [9.17, 15) is 9.90 Å². The van der Waals surface area contributed by atoms with Crippen LogP contribution in [-0.4, -0.2) is 23.3 Å². The minimum Gasteiger partial charge on any atom is -0.462 e. The Morgan fingerprint density at radius 1 is 0.868 bits per heavy atom. The molecule has 0 saturated heterocycles. The number of rotatable bonds is 2. The molecule has 0 aromatic carbocycles. The summed E-state index contributed by atoms with van der Waals surface area (Å²) in [5, 5.41) is 11.0. The largest absolute Gasteiger partial charge is 0.462 e. The molecule has 1 N–H and O–H groups in total. The number of fused-ring (bicyclic) bond motifs is 7. The SMILES string of the molecule is C[C@H]1[C@H](C)CC[C@]2(C(=O)OC3CCCC3)CC[C@]3(C)C(=CC[C@@H]4[C@@]5(C)CC[C@H](O)C(C)(C)[C@@H]5CC[C@]43C)[C@H]12. The molecule has 6 aliphatic carbocycles. The van der Waals surface area contributed by atoms with Crippen molar-refractivity contribution in [3.05, 3.63) is 11.6 Å². The highest BCUT2D eigenvalue weighted by Gasteiger charge is 2.69. The van der Waals surface area contributed by atoms with Crippen LogP contribution in [-0.2, 0) is 9.53 Å². The maximum atomic E-state index is 14.2. The Bertz CT molecular complexity index is 991. The molecule has 0 heterocycles. The summed E-state index contributed by atoms with van der Waals surface area (Å²) in [4.78, 5) is 14.2. The van der Waals surface area contributed by atoms with Gasteiger partial charge in [-0.2, -0.15) is 0 Å². The Morgan fingerprint density at radius 3 is 2.29 bits per heavy atom. The highest BCUT2D eigenvalue weighted by atomic mass is 16.5. The van der Waals surface area contributed by atoms with Gasteiger partial charge in [0.15, 0.2) is 0 Å². The monoisotopic (exact) mass is 524 g/mol. The standard InChI is InChI=1S/C35H56O3/c1-22-14-19-35(30(37)38-24-10-8-9-11-24)21-20-33(6)25(29(35)23(22)2)12-13-27-32(5)17-16-28(36)31(3,4)26(32)15-18-34(27,33)7/h12,22-24,26-29,36H,8-11,13-21H2,1-7H3/t22-,23+,26+,27-,28+,29+,32+,33-,34-,35+/m1/s1. The molecule has 0 amide bonds. The van der Waals surface area contributed by atoms with Crippen molar-refractivity contribution in [1.82, 2.24) is 0 Å². The second-order valence-electron chi connectivity index (χ2n) is 16.5. The zero-order valence-electron chi connectivity index (χ0n) is 25.6. The van der Waals surface area contributed by atoms with Crippen molar-refractivity contribution in [3.63, 3.8) is 0 Å². The van der Waals surface area contributed by atoms with Gasteiger partial charge in [0.05, 0.1) is 11.5 Å². The van der Waals surface area contributed by atoms with E-state index < -0.39 is 0 Å². The van der Waals surface area contributed by atoms with E-state index in [2.05, 4.69) is 54.5 Å². The van der Waals surface area contributed by atoms with Crippen LogP contribution in [0.5, 0.6) is 0 Å². The van der Waals surface area contributed by atoms with E-state index in [-0.39, 0.29) is 45.3 Å². The molecule has 10 atom stereocenters. The van der Waals surface area contributed by atoms with Gasteiger partial charge in [0.2, 0.25) is 0 Å². The van der Waals surface area contributed by atoms with Gasteiger partial charge in [-0.15, -0.1) is 0 Å². The van der Waals surface area contributed by atoms with Crippen molar-refractivity contribution < 1.29 is 14.6 Å². The predicted octanol–water partition coefficient (Wildman–Crippen LogP) is 8.49. The van der Waals surface area contributed by atoms with Gasteiger partial charge < -0.3 is 9.84 Å². The van der Waals surface area contributed by atoms with Gasteiger partial charge in [0.25, 0.3) is 0 Å². The third-order valence-electron chi connectivity index (χ3n) is 15.0. The molecular weight excluding hydrogens is 468 g/mol. The van der Waals surface area contributed by atoms with Gasteiger partial charge in [-0.25, -0.2) is 0 Å². The number of aliphatic hydroxyl groups is 1. The van der Waals surface area contributed by atoms with Crippen LogP contribution in [0.4, 0.5) is 0 Å². The fourth-order valence-corrected chi connectivity index (χ4v) is 12.1. The number of hydrogen-bond donors (Lipinski definition) is 1. The van der Waals surface area contributed by atoms with Gasteiger partial charge >= 0.3 is 5.97 Å². The molecule has 0 bridgehead atoms. The maximum Gasteiger partial charge on any atom is 0.312 e. The lowest BCUT2D eigenvalue weighted by atomic mass is 9.33. The summed E-state index contributed by atoms with van der Waals surface area (Å²) in [6.45, 7) is 17.4. The third kappa shape index (κ3) is 3.45. The number of carbonyl (C=O) groups is 1. The van der Waals surface area contributed by atoms with Gasteiger partial charge in [-0.05, 0) is 135 Å². The molecule has 5 fully saturated rings. The second kappa shape index (κ2) is 8.83. The van der Waals surface area contributed by atoms with Crippen LogP contribution in [0.25, 0.3) is 0 Å². The summed E-state index contributed by atoms with van der Waals surface area (Å²) >= 11 is 0. The summed E-state index contributed by atoms with van der Waals surface area (Å²) in [6.07, 6.45) is 17.2. The average molecular weight is 525 g/mol. The summed E-state index contributed by atoms with van der Waals surface area (Å²) in [6, 6.07) is 0. The lowest BCUT2D eigenvalue weighted by Crippen LogP contribution is -2.65. The van der Waals surface area contributed by atoms with Crippen molar-refractivity contribution in [2.75, 3.05) is 0 Å². The van der Waals surface area contributed by atoms with Crippen molar-refractivity contribution in [2.45, 2.75) is 144 Å². The molecule has 3 nitrogen and oxygen atoms in total. The average Bonchev–Trinajstić information content (AvgIpc) is 3.37. The number of allylic oxidation sites excluding steroid dienone is 2. The summed E-state index contributed by atoms with van der Waals surface area (Å²) in [5.41, 5.74) is 1.95. The molecular formula is C35H56O3. The minimum absolute atomic E-state index is 0.0156. The molecule has 0 unspecified atom stereocenters. The summed E-state index contributed by atoms with van der Waals surface area (Å²) < 4.78 is 6.37. The van der Waals surface area contributed by atoms with Gasteiger partial charge in [0.1, 0.15) is 6.10 Å². The molecule has 3 heteroatoms. The van der Waals surface area contributed by atoms with E-state index in [4.69, 9.17) is 4.74 Å². The summed E-state index contributed by atoms with van der Waals surface area (Å²) in [5.74, 6) is 2.86. The molecule has 0 aliphatic heterocycles. The van der Waals surface area contributed by atoms with Gasteiger partial charge in [0, 0.05) is 0 Å². The van der Waals surface area contributed by atoms with Crippen LogP contribution >= 0.6 is 0 Å². The molecule has 6 rings (SSSR count). The Kier molecular flexibility index (Phi) is 6.36. The van der Waals surface area contributed by atoms with E-state index in [0.29, 0.717) is 29.6 Å². The van der Waals surface area contributed by atoms with Crippen LogP contribution < -0.4 is 0 Å². The van der Waals surface area contributed by atoms with Crippen molar-refractivity contribution in [2.24, 2.45) is 56.7 Å². The lowest BCUT2D eigenvalue weighted by Gasteiger charge is -2.71. The highest BCUT2D eigenvalue weighted by molar-refractivity contribution is 5.79. The summed E-state index contributed by atoms with van der Waals surface area (Å²) in [7, 11) is 0. The van der Waals surface area contributed by atoms with E-state index >= 15 is 0 Å². The van der Waals surface area contributed by atoms with Crippen LogP contribution in [0.2, 0.25) is 0 Å². The normalized spacial score (nSPS) is 52.2. The van der Waals surface area contributed by atoms with Gasteiger partial charge in [-0.3, -0.25) is 4.79 Å². The molecule has 38 heavy (non-hydrogen) atoms. The van der Waals surface area contributed by atoms with Gasteiger partial charge in [-0.1, -0.05) is 60.1 Å². The zero-order valence-corrected chi connectivity index (χ0v) is 25.6. The van der Waals surface area contributed by atoms with E-state index in [0.717, 1.165) is 57.8 Å². The first-order valence-electron chi connectivity index (χ1n) is 16.4. The second-order valence-corrected chi connectivity index (χ2v) is 16.5. The first-order chi connectivity index (χ1) is 17.8. The molecule has 0 aromatic rings. The molecule has 0 radical (unpaired) electrons. The fourth-order valence-electron chi connectivity index (χ4n) is 12.1. The maximum absolute atomic E-state index is 14.2. The Hall–Kier alpha value is -0.830. The number of esters is 1. The first kappa shape index (κ1) is 27.3. The predicted molar refractivity (Wildman–Crippen MR) is 153 cm³/mol. The quantitative estimate of drug-likeness (QED) is 0.291. The third-order valence-corrected chi connectivity index (χ3v) is 15.0. The molecule has 0 spiro atoms. The first-order valence-corrected chi connectivity index (χ1v) is 16.4. The van der Waals surface area contributed by atoms with Crippen molar-refractivity contribution >= 4 is 5.97 Å². The van der Waals surface area contributed by atoms with Crippen LogP contribution in [0.3, 0.4) is 0 Å². The van der Waals surface area contributed by atoms with E-state index in [1.54, 1.807) is 5.57 Å². The molecule has 5 saturated carbocycles. The van der Waals surface area contributed by atoms with Crippen molar-refractivity contribution in [3.8, 4) is 0 Å². The minimum atomic E-state index is -0.318. The van der Waals surface area contributed by atoms with Crippen LogP contribution in [0.15, 0.2) is 11.6 Å². The van der Waals surface area contributed by atoms with E-state index in [1.807, 2.05) is 0 Å². The fraction of sp³-hybridized carbons (Fsp3) is 0.914. The smallest absolute Gasteiger partial charge is 0.312 e. The Balaban J connectivity index is 1.40. The molecule has 214 valence electrons.